The van der Waals surface area contributed by atoms with Gasteiger partial charge in [-0.2, -0.15) is 0 Å². The van der Waals surface area contributed by atoms with Gasteiger partial charge >= 0.3 is 0 Å². The molecule has 2 aromatic carbocycles. The Hall–Kier alpha value is -1.56. The molecule has 21 heavy (non-hydrogen) atoms. The molecule has 0 nitrogen and oxygen atoms in total. The summed E-state index contributed by atoms with van der Waals surface area (Å²) >= 11 is 0. The van der Waals surface area contributed by atoms with Gasteiger partial charge in [-0.05, 0) is 48.9 Å². The number of benzene rings is 2. The maximum atomic E-state index is 2.44. The van der Waals surface area contributed by atoms with Gasteiger partial charge in [-0.1, -0.05) is 74.2 Å². The Balaban J connectivity index is 0.000000636. The first-order valence-corrected chi connectivity index (χ1v) is 8.43. The smallest absolute Gasteiger partial charge is 0.0215 e. The number of rotatable bonds is 0. The van der Waals surface area contributed by atoms with Crippen LogP contribution in [0.3, 0.4) is 0 Å². The third-order valence-electron chi connectivity index (χ3n) is 5.13. The molecule has 0 atom stereocenters. The molecule has 2 aromatic rings. The number of fused-ring (bicyclic) bond motifs is 5. The van der Waals surface area contributed by atoms with E-state index in [-0.39, 0.29) is 0 Å². The number of aryl methyl sites for hydroxylation is 2. The van der Waals surface area contributed by atoms with Gasteiger partial charge in [0.25, 0.3) is 0 Å². The van der Waals surface area contributed by atoms with E-state index in [1.807, 2.05) is 13.8 Å². The van der Waals surface area contributed by atoms with Crippen molar-refractivity contribution < 1.29 is 0 Å². The molecule has 2 aliphatic carbocycles. The van der Waals surface area contributed by atoms with Crippen molar-refractivity contribution in [1.82, 2.24) is 0 Å². The summed E-state index contributed by atoms with van der Waals surface area (Å²) in [6.07, 6.45) is 5.42. The van der Waals surface area contributed by atoms with E-state index in [4.69, 9.17) is 0 Å². The second-order valence-corrected chi connectivity index (χ2v) is 6.39. The van der Waals surface area contributed by atoms with Gasteiger partial charge in [0.15, 0.2) is 0 Å². The van der Waals surface area contributed by atoms with Gasteiger partial charge in [-0.25, -0.2) is 0 Å². The Morgan fingerprint density at radius 1 is 0.714 bits per heavy atom. The largest absolute Gasteiger partial charge is 0.0683 e. The molecular weight excluding hydrogens is 252 g/mol. The minimum atomic E-state index is 0.336. The van der Waals surface area contributed by atoms with E-state index in [1.165, 1.54) is 47.9 Å². The SMILES string of the molecule is CC.Cc1ccc2c(c1)C1(CCCC1)c1cc(C)ccc1-2. The van der Waals surface area contributed by atoms with Crippen molar-refractivity contribution in [2.75, 3.05) is 0 Å². The lowest BCUT2D eigenvalue weighted by atomic mass is 9.76. The normalized spacial score (nSPS) is 17.1. The average molecular weight is 278 g/mol. The summed E-state index contributed by atoms with van der Waals surface area (Å²) in [5.74, 6) is 0. The molecule has 0 saturated heterocycles. The van der Waals surface area contributed by atoms with Crippen LogP contribution in [0.4, 0.5) is 0 Å². The highest BCUT2D eigenvalue weighted by atomic mass is 14.5. The van der Waals surface area contributed by atoms with Crippen LogP contribution in [-0.4, -0.2) is 0 Å². The summed E-state index contributed by atoms with van der Waals surface area (Å²) < 4.78 is 0. The van der Waals surface area contributed by atoms with E-state index in [2.05, 4.69) is 50.2 Å². The fourth-order valence-electron chi connectivity index (χ4n) is 4.24. The van der Waals surface area contributed by atoms with E-state index in [1.54, 1.807) is 11.1 Å². The number of hydrogen-bond donors (Lipinski definition) is 0. The second-order valence-electron chi connectivity index (χ2n) is 6.39. The minimum Gasteiger partial charge on any atom is -0.0683 e. The van der Waals surface area contributed by atoms with Crippen LogP contribution in [0.15, 0.2) is 36.4 Å². The molecule has 0 aromatic heterocycles. The van der Waals surface area contributed by atoms with Gasteiger partial charge in [-0.15, -0.1) is 0 Å². The maximum Gasteiger partial charge on any atom is 0.0215 e. The number of hydrogen-bond acceptors (Lipinski definition) is 0. The topological polar surface area (TPSA) is 0 Å². The predicted molar refractivity (Wildman–Crippen MR) is 91.9 cm³/mol. The summed E-state index contributed by atoms with van der Waals surface area (Å²) in [6.45, 7) is 8.44. The third-order valence-corrected chi connectivity index (χ3v) is 5.13. The average Bonchev–Trinajstić information content (AvgIpc) is 3.08. The molecule has 1 fully saturated rings. The van der Waals surface area contributed by atoms with Crippen molar-refractivity contribution in [3.8, 4) is 11.1 Å². The van der Waals surface area contributed by atoms with Gasteiger partial charge in [0, 0.05) is 5.41 Å². The summed E-state index contributed by atoms with van der Waals surface area (Å²) in [7, 11) is 0. The summed E-state index contributed by atoms with van der Waals surface area (Å²) in [5, 5.41) is 0. The van der Waals surface area contributed by atoms with Crippen LogP contribution in [0.2, 0.25) is 0 Å². The highest BCUT2D eigenvalue weighted by Crippen LogP contribution is 2.56. The molecule has 1 saturated carbocycles. The van der Waals surface area contributed by atoms with Crippen molar-refractivity contribution in [3.63, 3.8) is 0 Å². The van der Waals surface area contributed by atoms with Gasteiger partial charge < -0.3 is 0 Å². The molecule has 0 radical (unpaired) electrons. The van der Waals surface area contributed by atoms with Crippen LogP contribution in [-0.2, 0) is 5.41 Å². The maximum absolute atomic E-state index is 2.44. The Labute approximate surface area is 129 Å². The van der Waals surface area contributed by atoms with Gasteiger partial charge in [0.1, 0.15) is 0 Å². The monoisotopic (exact) mass is 278 g/mol. The molecule has 0 aliphatic heterocycles. The van der Waals surface area contributed by atoms with E-state index in [0.29, 0.717) is 5.41 Å². The van der Waals surface area contributed by atoms with Crippen LogP contribution < -0.4 is 0 Å². The Bertz CT molecular complexity index is 604. The fourth-order valence-corrected chi connectivity index (χ4v) is 4.24. The van der Waals surface area contributed by atoms with Crippen LogP contribution in [0.5, 0.6) is 0 Å². The van der Waals surface area contributed by atoms with E-state index in [0.717, 1.165) is 0 Å². The van der Waals surface area contributed by atoms with Crippen LogP contribution in [0.25, 0.3) is 11.1 Å². The zero-order valence-corrected chi connectivity index (χ0v) is 13.8. The van der Waals surface area contributed by atoms with E-state index < -0.39 is 0 Å². The zero-order chi connectivity index (χ0) is 15.0. The molecule has 110 valence electrons. The van der Waals surface area contributed by atoms with Crippen LogP contribution in [0, 0.1) is 13.8 Å². The summed E-state index contributed by atoms with van der Waals surface area (Å²) in [6, 6.07) is 14.1. The predicted octanol–water partition coefficient (Wildman–Crippen LogP) is 6.17. The quantitative estimate of drug-likeness (QED) is 0.540. The van der Waals surface area contributed by atoms with Gasteiger partial charge in [0.2, 0.25) is 0 Å². The molecule has 4 rings (SSSR count). The molecule has 0 amide bonds. The molecule has 0 unspecified atom stereocenters. The Morgan fingerprint density at radius 3 is 1.57 bits per heavy atom. The molecule has 0 bridgehead atoms. The molecule has 0 N–H and O–H groups in total. The first-order chi connectivity index (χ1) is 10.2. The molecular formula is C21H26. The molecule has 2 aliphatic rings. The zero-order valence-electron chi connectivity index (χ0n) is 13.8. The van der Waals surface area contributed by atoms with E-state index >= 15 is 0 Å². The van der Waals surface area contributed by atoms with Gasteiger partial charge in [0.05, 0.1) is 0 Å². The molecule has 0 heterocycles. The molecule has 0 heteroatoms. The van der Waals surface area contributed by atoms with Crippen LogP contribution in [0.1, 0.15) is 61.8 Å². The Kier molecular flexibility index (Phi) is 3.65. The lowest BCUT2D eigenvalue weighted by Crippen LogP contribution is -2.20. The van der Waals surface area contributed by atoms with Crippen molar-refractivity contribution >= 4 is 0 Å². The fraction of sp³-hybridized carbons (Fsp3) is 0.429. The first kappa shape index (κ1) is 14.4. The minimum absolute atomic E-state index is 0.336. The standard InChI is InChI=1S/C19H20.C2H6/c1-13-5-7-15-16-8-6-14(2)12-18(16)19(17(15)11-13)9-3-4-10-19;1-2/h5-8,11-12H,3-4,9-10H2,1-2H3;1-2H3. The lowest BCUT2D eigenvalue weighted by Gasteiger charge is -2.27. The highest BCUT2D eigenvalue weighted by molar-refractivity contribution is 5.81. The Morgan fingerprint density at radius 2 is 1.14 bits per heavy atom. The van der Waals surface area contributed by atoms with Crippen LogP contribution >= 0.6 is 0 Å². The first-order valence-electron chi connectivity index (χ1n) is 8.43. The highest BCUT2D eigenvalue weighted by Gasteiger charge is 2.44. The lowest BCUT2D eigenvalue weighted by molar-refractivity contribution is 0.549. The second kappa shape index (κ2) is 5.33. The van der Waals surface area contributed by atoms with E-state index in [9.17, 15) is 0 Å². The van der Waals surface area contributed by atoms with Crippen molar-refractivity contribution in [2.45, 2.75) is 58.8 Å². The molecule has 1 spiro atoms. The van der Waals surface area contributed by atoms with Crippen molar-refractivity contribution in [2.24, 2.45) is 0 Å². The van der Waals surface area contributed by atoms with Gasteiger partial charge in [-0.3, -0.25) is 0 Å². The third kappa shape index (κ3) is 2.04. The summed E-state index contributed by atoms with van der Waals surface area (Å²) in [5.41, 5.74) is 9.31. The summed E-state index contributed by atoms with van der Waals surface area (Å²) in [4.78, 5) is 0. The van der Waals surface area contributed by atoms with Crippen molar-refractivity contribution in [3.05, 3.63) is 58.7 Å². The van der Waals surface area contributed by atoms with Crippen molar-refractivity contribution in [1.29, 1.82) is 0 Å².